The largest absolute Gasteiger partial charge is 0.480 e. The molecule has 0 unspecified atom stereocenters. The second-order valence-electron chi connectivity index (χ2n) is 8.47. The number of hydrogen-bond acceptors (Lipinski definition) is 7. The maximum Gasteiger partial charge on any atom is 0.226 e. The molecule has 1 saturated heterocycles. The highest BCUT2D eigenvalue weighted by molar-refractivity contribution is 5.85. The summed E-state index contributed by atoms with van der Waals surface area (Å²) in [5.74, 6) is 1.25. The number of hydrogen-bond donors (Lipinski definition) is 2. The average molecular weight is 420 g/mol. The second kappa shape index (κ2) is 8.28. The molecule has 2 aliphatic heterocycles. The number of aromatic nitrogens is 4. The zero-order chi connectivity index (χ0) is 21.4. The molecule has 3 aromatic heterocycles. The summed E-state index contributed by atoms with van der Waals surface area (Å²) >= 11 is 0. The first-order valence-electron chi connectivity index (χ1n) is 10.9. The van der Waals surface area contributed by atoms with Crippen molar-refractivity contribution in [1.29, 1.82) is 0 Å². The number of pyridine rings is 1. The minimum Gasteiger partial charge on any atom is -0.480 e. The zero-order valence-corrected chi connectivity index (χ0v) is 18.3. The van der Waals surface area contributed by atoms with Gasteiger partial charge in [-0.05, 0) is 69.2 Å². The Morgan fingerprint density at radius 3 is 2.84 bits per heavy atom. The molecule has 8 nitrogen and oxygen atoms in total. The van der Waals surface area contributed by atoms with E-state index in [1.807, 2.05) is 23.0 Å². The maximum absolute atomic E-state index is 5.79. The van der Waals surface area contributed by atoms with Crippen molar-refractivity contribution in [3.63, 3.8) is 0 Å². The summed E-state index contributed by atoms with van der Waals surface area (Å²) in [4.78, 5) is 12.0. The summed E-state index contributed by atoms with van der Waals surface area (Å²) in [6.45, 7) is 4.98. The van der Waals surface area contributed by atoms with E-state index < -0.39 is 0 Å². The highest BCUT2D eigenvalue weighted by Crippen LogP contribution is 2.35. The zero-order valence-electron chi connectivity index (χ0n) is 18.3. The van der Waals surface area contributed by atoms with Crippen LogP contribution in [-0.4, -0.2) is 63.8 Å². The van der Waals surface area contributed by atoms with Crippen molar-refractivity contribution >= 4 is 17.0 Å². The van der Waals surface area contributed by atoms with Gasteiger partial charge < -0.3 is 20.3 Å². The number of likely N-dealkylation sites (tertiary alicyclic amines) is 1. The smallest absolute Gasteiger partial charge is 0.226 e. The Morgan fingerprint density at radius 1 is 1.19 bits per heavy atom. The van der Waals surface area contributed by atoms with Crippen molar-refractivity contribution in [2.75, 3.05) is 32.6 Å². The van der Waals surface area contributed by atoms with Gasteiger partial charge in [-0.2, -0.15) is 10.1 Å². The van der Waals surface area contributed by atoms with Crippen LogP contribution in [0.5, 0.6) is 5.88 Å². The standard InChI is InChI=1S/C23H29N7O/c1-15-12-19(16-5-11-30-18(13-16)4-8-25-30)21-20(14-24-15)27-23(28-22(21)31-3)26-17-6-9-29(2)10-7-17/h4-5,8,11-13,15,17,24H,6-7,9-10,14H2,1-3H3,(H,26,27,28)/t15-/m1/s1. The number of nitrogens with one attached hydrogen (secondary N) is 2. The van der Waals surface area contributed by atoms with Crippen LogP contribution in [0.25, 0.3) is 11.1 Å². The fourth-order valence-electron chi connectivity index (χ4n) is 4.41. The highest BCUT2D eigenvalue weighted by atomic mass is 16.5. The van der Waals surface area contributed by atoms with Gasteiger partial charge in [0.1, 0.15) is 0 Å². The number of rotatable bonds is 4. The van der Waals surface area contributed by atoms with Crippen LogP contribution in [0, 0.1) is 0 Å². The molecular weight excluding hydrogens is 390 g/mol. The lowest BCUT2D eigenvalue weighted by Crippen LogP contribution is -2.37. The second-order valence-corrected chi connectivity index (χ2v) is 8.47. The normalized spacial score (nSPS) is 20.2. The minimum atomic E-state index is 0.195. The van der Waals surface area contributed by atoms with Crippen LogP contribution in [0.15, 0.2) is 36.7 Å². The van der Waals surface area contributed by atoms with Gasteiger partial charge in [-0.15, -0.1) is 0 Å². The lowest BCUT2D eigenvalue weighted by atomic mass is 9.96. The van der Waals surface area contributed by atoms with Crippen LogP contribution in [0.3, 0.4) is 0 Å². The summed E-state index contributed by atoms with van der Waals surface area (Å²) in [5, 5.41) is 11.4. The molecule has 5 heterocycles. The molecule has 0 amide bonds. The van der Waals surface area contributed by atoms with E-state index in [1.54, 1.807) is 7.11 Å². The first-order chi connectivity index (χ1) is 15.1. The van der Waals surface area contributed by atoms with E-state index in [-0.39, 0.29) is 6.04 Å². The Kier molecular flexibility index (Phi) is 5.33. The van der Waals surface area contributed by atoms with Crippen molar-refractivity contribution in [1.82, 2.24) is 29.8 Å². The van der Waals surface area contributed by atoms with E-state index in [0.29, 0.717) is 24.4 Å². The molecule has 31 heavy (non-hydrogen) atoms. The summed E-state index contributed by atoms with van der Waals surface area (Å²) in [7, 11) is 3.85. The monoisotopic (exact) mass is 419 g/mol. The average Bonchev–Trinajstić information content (AvgIpc) is 3.18. The number of anilines is 1. The molecule has 0 aromatic carbocycles. The molecule has 0 spiro atoms. The van der Waals surface area contributed by atoms with Gasteiger partial charge in [-0.25, -0.2) is 9.50 Å². The number of fused-ring (bicyclic) bond motifs is 2. The van der Waals surface area contributed by atoms with Crippen LogP contribution in [0.2, 0.25) is 0 Å². The van der Waals surface area contributed by atoms with Crippen LogP contribution < -0.4 is 15.4 Å². The Labute approximate surface area is 182 Å². The molecule has 0 saturated carbocycles. The predicted molar refractivity (Wildman–Crippen MR) is 121 cm³/mol. The molecule has 0 radical (unpaired) electrons. The molecule has 0 aliphatic carbocycles. The maximum atomic E-state index is 5.79. The van der Waals surface area contributed by atoms with E-state index in [4.69, 9.17) is 14.7 Å². The van der Waals surface area contributed by atoms with Crippen molar-refractivity contribution in [2.24, 2.45) is 0 Å². The molecule has 3 aromatic rings. The quantitative estimate of drug-likeness (QED) is 0.673. The molecule has 1 atom stereocenters. The Balaban J connectivity index is 1.54. The van der Waals surface area contributed by atoms with E-state index >= 15 is 0 Å². The third kappa shape index (κ3) is 4.00. The number of ether oxygens (including phenoxy) is 1. The third-order valence-electron chi connectivity index (χ3n) is 6.18. The molecular formula is C23H29N7O. The molecule has 8 heteroatoms. The van der Waals surface area contributed by atoms with Gasteiger partial charge in [0.15, 0.2) is 0 Å². The topological polar surface area (TPSA) is 79.6 Å². The van der Waals surface area contributed by atoms with E-state index in [0.717, 1.165) is 53.8 Å². The fraction of sp³-hybridized carbons (Fsp3) is 0.435. The Morgan fingerprint density at radius 2 is 2.03 bits per heavy atom. The lowest BCUT2D eigenvalue weighted by molar-refractivity contribution is 0.263. The van der Waals surface area contributed by atoms with Crippen LogP contribution in [0.1, 0.15) is 36.6 Å². The first kappa shape index (κ1) is 20.0. The van der Waals surface area contributed by atoms with E-state index in [9.17, 15) is 0 Å². The number of methoxy groups -OCH3 is 1. The summed E-state index contributed by atoms with van der Waals surface area (Å²) < 4.78 is 7.66. The first-order valence-corrected chi connectivity index (χ1v) is 10.9. The van der Waals surface area contributed by atoms with Gasteiger partial charge in [0, 0.05) is 31.0 Å². The lowest BCUT2D eigenvalue weighted by Gasteiger charge is -2.29. The summed E-state index contributed by atoms with van der Waals surface area (Å²) in [6.07, 6.45) is 8.20. The predicted octanol–water partition coefficient (Wildman–Crippen LogP) is 2.56. The van der Waals surface area contributed by atoms with Crippen molar-refractivity contribution < 1.29 is 4.74 Å². The van der Waals surface area contributed by atoms with Crippen LogP contribution in [-0.2, 0) is 6.54 Å². The van der Waals surface area contributed by atoms with Crippen molar-refractivity contribution in [3.05, 3.63) is 53.5 Å². The van der Waals surface area contributed by atoms with Gasteiger partial charge in [-0.3, -0.25) is 0 Å². The van der Waals surface area contributed by atoms with Crippen LogP contribution in [0.4, 0.5) is 5.95 Å². The van der Waals surface area contributed by atoms with Crippen molar-refractivity contribution in [2.45, 2.75) is 38.4 Å². The minimum absolute atomic E-state index is 0.195. The van der Waals surface area contributed by atoms with Gasteiger partial charge >= 0.3 is 0 Å². The Hall–Kier alpha value is -2.97. The van der Waals surface area contributed by atoms with Gasteiger partial charge in [0.2, 0.25) is 11.8 Å². The molecule has 1 fully saturated rings. The van der Waals surface area contributed by atoms with E-state index in [1.165, 1.54) is 0 Å². The van der Waals surface area contributed by atoms with Gasteiger partial charge in [0.05, 0.1) is 23.9 Å². The SMILES string of the molecule is COc1nc(NC2CCN(C)CC2)nc2c1C(c1ccn3nccc3c1)=C[C@@H](C)NC2. The molecule has 2 aliphatic rings. The fourth-order valence-corrected chi connectivity index (χ4v) is 4.41. The number of nitrogens with zero attached hydrogens (tertiary/aromatic N) is 5. The van der Waals surface area contributed by atoms with Crippen molar-refractivity contribution in [3.8, 4) is 5.88 Å². The van der Waals surface area contributed by atoms with Gasteiger partial charge in [-0.1, -0.05) is 6.08 Å². The van der Waals surface area contributed by atoms with E-state index in [2.05, 4.69) is 52.8 Å². The summed E-state index contributed by atoms with van der Waals surface area (Å²) in [5.41, 5.74) is 5.13. The third-order valence-corrected chi connectivity index (χ3v) is 6.18. The summed E-state index contributed by atoms with van der Waals surface area (Å²) in [6, 6.07) is 6.81. The molecule has 5 rings (SSSR count). The molecule has 0 bridgehead atoms. The highest BCUT2D eigenvalue weighted by Gasteiger charge is 2.25. The van der Waals surface area contributed by atoms with Crippen LogP contribution >= 0.6 is 0 Å². The molecule has 2 N–H and O–H groups in total. The van der Waals surface area contributed by atoms with Gasteiger partial charge in [0.25, 0.3) is 0 Å². The Bertz CT molecular complexity index is 1110. The molecule has 162 valence electrons. The number of piperidine rings is 1.